The Kier molecular flexibility index (Phi) is 8.72. The van der Waals surface area contributed by atoms with Crippen LogP contribution in [-0.2, 0) is 9.59 Å². The summed E-state index contributed by atoms with van der Waals surface area (Å²) < 4.78 is 13.6. The molecule has 2 heterocycles. The fourth-order valence-electron chi connectivity index (χ4n) is 3.86. The van der Waals surface area contributed by atoms with E-state index in [0.29, 0.717) is 55.7 Å². The molecule has 31 heavy (non-hydrogen) atoms. The first-order chi connectivity index (χ1) is 14.8. The van der Waals surface area contributed by atoms with E-state index in [1.807, 2.05) is 4.90 Å². The number of carbonyl (C=O) groups excluding carboxylic acids is 2. The summed E-state index contributed by atoms with van der Waals surface area (Å²) in [6, 6.07) is 5.14. The Morgan fingerprint density at radius 2 is 1.97 bits per heavy atom. The lowest BCUT2D eigenvalue weighted by atomic mass is 10.1. The molecule has 2 atom stereocenters. The minimum absolute atomic E-state index is 0.0289. The van der Waals surface area contributed by atoms with E-state index in [0.717, 1.165) is 12.0 Å². The summed E-state index contributed by atoms with van der Waals surface area (Å²) in [6.45, 7) is 3.51. The van der Waals surface area contributed by atoms with Crippen molar-refractivity contribution in [2.24, 2.45) is 0 Å². The molecule has 6 nitrogen and oxygen atoms in total. The standard InChI is InChI=1S/C22H28Cl2FN3O3/c23-17-4-2-16(14-18(17)24)3-5-21(30)28-11-7-22(31)27(12-13-28)9-1-8-26-10-6-20(29)19(25)15-26/h2-5,14,19-20,29H,1,6-13,15H2/t19-,20-/m0/s1. The third-order valence-electron chi connectivity index (χ3n) is 5.76. The number of nitrogens with zero attached hydrogens (tertiary/aromatic N) is 3. The van der Waals surface area contributed by atoms with Crippen LogP contribution in [0.4, 0.5) is 4.39 Å². The number of halogens is 3. The van der Waals surface area contributed by atoms with Crippen molar-refractivity contribution in [3.63, 3.8) is 0 Å². The molecule has 2 aliphatic heterocycles. The number of amides is 2. The van der Waals surface area contributed by atoms with Gasteiger partial charge in [-0.1, -0.05) is 29.3 Å². The molecule has 0 unspecified atom stereocenters. The molecule has 170 valence electrons. The Hall–Kier alpha value is -1.67. The summed E-state index contributed by atoms with van der Waals surface area (Å²) >= 11 is 11.9. The third kappa shape index (κ3) is 6.91. The summed E-state index contributed by atoms with van der Waals surface area (Å²) in [7, 11) is 0. The lowest BCUT2D eigenvalue weighted by molar-refractivity contribution is -0.130. The predicted molar refractivity (Wildman–Crippen MR) is 120 cm³/mol. The number of piperidine rings is 1. The first-order valence-electron chi connectivity index (χ1n) is 10.6. The van der Waals surface area contributed by atoms with Crippen LogP contribution >= 0.6 is 23.2 Å². The number of benzene rings is 1. The number of hydrogen-bond donors (Lipinski definition) is 1. The largest absolute Gasteiger partial charge is 0.390 e. The highest BCUT2D eigenvalue weighted by molar-refractivity contribution is 6.42. The minimum Gasteiger partial charge on any atom is -0.390 e. The van der Waals surface area contributed by atoms with Crippen LogP contribution in [0.1, 0.15) is 24.8 Å². The maximum absolute atomic E-state index is 13.6. The topological polar surface area (TPSA) is 64.1 Å². The smallest absolute Gasteiger partial charge is 0.246 e. The summed E-state index contributed by atoms with van der Waals surface area (Å²) in [5, 5.41) is 10.4. The number of alkyl halides is 1. The molecule has 9 heteroatoms. The second-order valence-corrected chi connectivity index (χ2v) is 8.80. The number of carbonyl (C=O) groups is 2. The Morgan fingerprint density at radius 1 is 1.16 bits per heavy atom. The molecule has 2 aliphatic rings. The van der Waals surface area contributed by atoms with Gasteiger partial charge in [0.15, 0.2) is 0 Å². The lowest BCUT2D eigenvalue weighted by Crippen LogP contribution is -2.45. The summed E-state index contributed by atoms with van der Waals surface area (Å²) in [4.78, 5) is 30.4. The van der Waals surface area contributed by atoms with Gasteiger partial charge in [-0.3, -0.25) is 9.59 Å². The molecule has 0 saturated carbocycles. The Balaban J connectivity index is 1.45. The number of aliphatic hydroxyl groups excluding tert-OH is 1. The van der Waals surface area contributed by atoms with Crippen LogP contribution in [0.2, 0.25) is 10.0 Å². The van der Waals surface area contributed by atoms with Crippen molar-refractivity contribution in [1.29, 1.82) is 0 Å². The van der Waals surface area contributed by atoms with Crippen LogP contribution in [0.15, 0.2) is 24.3 Å². The van der Waals surface area contributed by atoms with Crippen molar-refractivity contribution < 1.29 is 19.1 Å². The first-order valence-corrected chi connectivity index (χ1v) is 11.3. The fraction of sp³-hybridized carbons (Fsp3) is 0.545. The van der Waals surface area contributed by atoms with Gasteiger partial charge in [0.2, 0.25) is 11.8 Å². The SMILES string of the molecule is O=C(C=Cc1ccc(Cl)c(Cl)c1)N1CCC(=O)N(CCCN2CC[C@H](O)[C@@H](F)C2)CC1. The van der Waals surface area contributed by atoms with Crippen molar-refractivity contribution in [3.8, 4) is 0 Å². The van der Waals surface area contributed by atoms with E-state index in [-0.39, 0.29) is 24.8 Å². The molecule has 0 aliphatic carbocycles. The predicted octanol–water partition coefficient (Wildman–Crippen LogP) is 2.86. The van der Waals surface area contributed by atoms with Gasteiger partial charge in [-0.25, -0.2) is 4.39 Å². The van der Waals surface area contributed by atoms with E-state index in [1.54, 1.807) is 34.1 Å². The molecule has 2 amide bonds. The fourth-order valence-corrected chi connectivity index (χ4v) is 4.16. The van der Waals surface area contributed by atoms with Crippen molar-refractivity contribution in [1.82, 2.24) is 14.7 Å². The molecule has 1 N–H and O–H groups in total. The molecule has 2 saturated heterocycles. The highest BCUT2D eigenvalue weighted by atomic mass is 35.5. The molecule has 1 aromatic rings. The van der Waals surface area contributed by atoms with E-state index in [4.69, 9.17) is 23.2 Å². The van der Waals surface area contributed by atoms with Gasteiger partial charge in [-0.15, -0.1) is 0 Å². The molecule has 0 spiro atoms. The second-order valence-electron chi connectivity index (χ2n) is 7.99. The molecule has 0 aromatic heterocycles. The van der Waals surface area contributed by atoms with Crippen LogP contribution in [0.3, 0.4) is 0 Å². The maximum Gasteiger partial charge on any atom is 0.246 e. The number of aliphatic hydroxyl groups is 1. The molecule has 3 rings (SSSR count). The van der Waals surface area contributed by atoms with Crippen LogP contribution in [-0.4, -0.2) is 89.7 Å². The Morgan fingerprint density at radius 3 is 2.71 bits per heavy atom. The van der Waals surface area contributed by atoms with Gasteiger partial charge >= 0.3 is 0 Å². The van der Waals surface area contributed by atoms with E-state index < -0.39 is 12.3 Å². The number of hydrogen-bond acceptors (Lipinski definition) is 4. The first kappa shape index (κ1) is 24.0. The van der Waals surface area contributed by atoms with Gasteiger partial charge in [-0.05, 0) is 43.2 Å². The van der Waals surface area contributed by atoms with E-state index in [2.05, 4.69) is 0 Å². The molecule has 0 bridgehead atoms. The quantitative estimate of drug-likeness (QED) is 0.647. The highest BCUT2D eigenvalue weighted by Gasteiger charge is 2.27. The molecular formula is C22H28Cl2FN3O3. The summed E-state index contributed by atoms with van der Waals surface area (Å²) in [5.41, 5.74) is 0.774. The summed E-state index contributed by atoms with van der Waals surface area (Å²) in [6.07, 6.45) is 2.56. The maximum atomic E-state index is 13.6. The van der Waals surface area contributed by atoms with E-state index in [1.165, 1.54) is 6.08 Å². The minimum atomic E-state index is -1.20. The Labute approximate surface area is 192 Å². The lowest BCUT2D eigenvalue weighted by Gasteiger charge is -2.32. The number of likely N-dealkylation sites (tertiary alicyclic amines) is 1. The highest BCUT2D eigenvalue weighted by Crippen LogP contribution is 2.23. The Bertz CT molecular complexity index is 823. The average molecular weight is 472 g/mol. The van der Waals surface area contributed by atoms with Crippen LogP contribution in [0.5, 0.6) is 0 Å². The van der Waals surface area contributed by atoms with Crippen LogP contribution in [0, 0.1) is 0 Å². The second kappa shape index (κ2) is 11.3. The van der Waals surface area contributed by atoms with E-state index in [9.17, 15) is 19.1 Å². The van der Waals surface area contributed by atoms with Gasteiger partial charge in [0, 0.05) is 51.8 Å². The van der Waals surface area contributed by atoms with Gasteiger partial charge in [0.05, 0.1) is 16.1 Å². The average Bonchev–Trinajstić information content (AvgIpc) is 2.93. The zero-order valence-electron chi connectivity index (χ0n) is 17.4. The molecule has 1 aromatic carbocycles. The van der Waals surface area contributed by atoms with Crippen molar-refractivity contribution in [3.05, 3.63) is 39.9 Å². The van der Waals surface area contributed by atoms with Gasteiger partial charge in [0.1, 0.15) is 6.17 Å². The van der Waals surface area contributed by atoms with Gasteiger partial charge < -0.3 is 19.8 Å². The van der Waals surface area contributed by atoms with Crippen LogP contribution < -0.4 is 0 Å². The van der Waals surface area contributed by atoms with E-state index >= 15 is 0 Å². The number of rotatable bonds is 6. The van der Waals surface area contributed by atoms with Crippen molar-refractivity contribution in [2.45, 2.75) is 31.5 Å². The zero-order chi connectivity index (χ0) is 22.4. The summed E-state index contributed by atoms with van der Waals surface area (Å²) in [5.74, 6) is -0.122. The molecule has 0 radical (unpaired) electrons. The van der Waals surface area contributed by atoms with Crippen LogP contribution in [0.25, 0.3) is 6.08 Å². The monoisotopic (exact) mass is 471 g/mol. The molecule has 2 fully saturated rings. The molecular weight excluding hydrogens is 444 g/mol. The zero-order valence-corrected chi connectivity index (χ0v) is 18.9. The van der Waals surface area contributed by atoms with Crippen molar-refractivity contribution >= 4 is 41.1 Å². The third-order valence-corrected chi connectivity index (χ3v) is 6.49. The van der Waals surface area contributed by atoms with Gasteiger partial charge in [0.25, 0.3) is 0 Å². The van der Waals surface area contributed by atoms with Gasteiger partial charge in [-0.2, -0.15) is 0 Å². The van der Waals surface area contributed by atoms with Crippen molar-refractivity contribution in [2.75, 3.05) is 45.8 Å². The normalized spacial score (nSPS) is 23.4.